The molecule has 1 aliphatic rings. The van der Waals surface area contributed by atoms with Crippen LogP contribution in [0.15, 0.2) is 18.2 Å². The number of rotatable bonds is 1. The minimum atomic E-state index is -0.479. The molecule has 1 atom stereocenters. The molecule has 0 spiro atoms. The molecular formula is C9H7ClFNO2. The Balaban J connectivity index is 2.24. The van der Waals surface area contributed by atoms with Crippen molar-refractivity contribution in [2.45, 2.75) is 6.10 Å². The van der Waals surface area contributed by atoms with E-state index in [-0.39, 0.29) is 11.1 Å². The van der Waals surface area contributed by atoms with Gasteiger partial charge in [0.1, 0.15) is 11.9 Å². The minimum Gasteiger partial charge on any atom is -0.439 e. The van der Waals surface area contributed by atoms with E-state index in [2.05, 4.69) is 5.32 Å². The van der Waals surface area contributed by atoms with E-state index >= 15 is 0 Å². The largest absolute Gasteiger partial charge is 0.439 e. The number of cyclic esters (lactones) is 1. The maximum absolute atomic E-state index is 12.8. The summed E-state index contributed by atoms with van der Waals surface area (Å²) in [5.41, 5.74) is 0.690. The molecule has 0 aromatic heterocycles. The molecule has 1 aromatic rings. The van der Waals surface area contributed by atoms with E-state index in [1.165, 1.54) is 12.1 Å². The van der Waals surface area contributed by atoms with Gasteiger partial charge in [-0.25, -0.2) is 9.18 Å². The van der Waals surface area contributed by atoms with E-state index < -0.39 is 11.9 Å². The average Bonchev–Trinajstić information content (AvgIpc) is 2.57. The van der Waals surface area contributed by atoms with E-state index in [1.807, 2.05) is 0 Å². The van der Waals surface area contributed by atoms with E-state index in [1.54, 1.807) is 6.07 Å². The summed E-state index contributed by atoms with van der Waals surface area (Å²) >= 11 is 5.59. The van der Waals surface area contributed by atoms with Crippen molar-refractivity contribution in [3.8, 4) is 0 Å². The SMILES string of the molecule is O=C1NCC(c2ccc(F)c(Cl)c2)O1. The molecule has 0 radical (unpaired) electrons. The zero-order valence-corrected chi connectivity index (χ0v) is 7.84. The molecule has 0 saturated carbocycles. The summed E-state index contributed by atoms with van der Waals surface area (Å²) in [6.07, 6.45) is -0.837. The van der Waals surface area contributed by atoms with Gasteiger partial charge in [-0.15, -0.1) is 0 Å². The van der Waals surface area contributed by atoms with Crippen LogP contribution in [0.1, 0.15) is 11.7 Å². The highest BCUT2D eigenvalue weighted by molar-refractivity contribution is 6.30. The van der Waals surface area contributed by atoms with E-state index in [0.717, 1.165) is 0 Å². The summed E-state index contributed by atoms with van der Waals surface area (Å²) in [5, 5.41) is 2.54. The first kappa shape index (κ1) is 9.27. The Labute approximate surface area is 84.8 Å². The smallest absolute Gasteiger partial charge is 0.407 e. The van der Waals surface area contributed by atoms with Crippen LogP contribution in [0.2, 0.25) is 5.02 Å². The Kier molecular flexibility index (Phi) is 2.29. The van der Waals surface area contributed by atoms with Crippen LogP contribution in [0, 0.1) is 5.82 Å². The van der Waals surface area contributed by atoms with Crippen molar-refractivity contribution in [1.29, 1.82) is 0 Å². The zero-order valence-electron chi connectivity index (χ0n) is 7.09. The van der Waals surface area contributed by atoms with Gasteiger partial charge in [-0.05, 0) is 17.7 Å². The first-order valence-electron chi connectivity index (χ1n) is 4.06. The number of hydrogen-bond acceptors (Lipinski definition) is 2. The van der Waals surface area contributed by atoms with E-state index in [4.69, 9.17) is 16.3 Å². The second-order valence-corrected chi connectivity index (χ2v) is 3.36. The van der Waals surface area contributed by atoms with Crippen molar-refractivity contribution >= 4 is 17.7 Å². The highest BCUT2D eigenvalue weighted by atomic mass is 35.5. The fourth-order valence-corrected chi connectivity index (χ4v) is 1.48. The van der Waals surface area contributed by atoms with Gasteiger partial charge in [-0.3, -0.25) is 0 Å². The normalized spacial score (nSPS) is 20.4. The Hall–Kier alpha value is -1.29. The summed E-state index contributed by atoms with van der Waals surface area (Å²) in [5.74, 6) is -0.479. The first-order valence-corrected chi connectivity index (χ1v) is 4.44. The number of alkyl carbamates (subject to hydrolysis) is 1. The summed E-state index contributed by atoms with van der Waals surface area (Å²) in [6.45, 7) is 0.390. The Morgan fingerprint density at radius 1 is 1.57 bits per heavy atom. The van der Waals surface area contributed by atoms with Gasteiger partial charge in [-0.1, -0.05) is 17.7 Å². The third-order valence-corrected chi connectivity index (χ3v) is 2.29. The van der Waals surface area contributed by atoms with Crippen LogP contribution in [-0.4, -0.2) is 12.6 Å². The molecule has 0 aliphatic carbocycles. The number of halogens is 2. The number of hydrogen-bond donors (Lipinski definition) is 1. The van der Waals surface area contributed by atoms with Crippen molar-refractivity contribution in [3.63, 3.8) is 0 Å². The van der Waals surface area contributed by atoms with Crippen LogP contribution in [0.25, 0.3) is 0 Å². The molecule has 5 heteroatoms. The van der Waals surface area contributed by atoms with E-state index in [9.17, 15) is 9.18 Å². The van der Waals surface area contributed by atoms with Crippen molar-refractivity contribution in [1.82, 2.24) is 5.32 Å². The monoisotopic (exact) mass is 215 g/mol. The molecule has 1 N–H and O–H groups in total. The molecule has 1 unspecified atom stereocenters. The quantitative estimate of drug-likeness (QED) is 0.781. The third kappa shape index (κ3) is 1.65. The van der Waals surface area contributed by atoms with Crippen molar-refractivity contribution < 1.29 is 13.9 Å². The first-order chi connectivity index (χ1) is 6.66. The molecule has 2 rings (SSSR count). The number of amides is 1. The number of benzene rings is 1. The maximum Gasteiger partial charge on any atom is 0.407 e. The second kappa shape index (κ2) is 3.46. The highest BCUT2D eigenvalue weighted by Gasteiger charge is 2.24. The minimum absolute atomic E-state index is 0.0328. The number of carbonyl (C=O) groups excluding carboxylic acids is 1. The van der Waals surface area contributed by atoms with Crippen LogP contribution in [0.5, 0.6) is 0 Å². The van der Waals surface area contributed by atoms with Gasteiger partial charge in [0.15, 0.2) is 0 Å². The van der Waals surface area contributed by atoms with Crippen LogP contribution in [0.3, 0.4) is 0 Å². The lowest BCUT2D eigenvalue weighted by atomic mass is 10.1. The molecule has 1 heterocycles. The van der Waals surface area contributed by atoms with Gasteiger partial charge in [-0.2, -0.15) is 0 Å². The molecule has 1 aromatic carbocycles. The van der Waals surface area contributed by atoms with Gasteiger partial charge in [0, 0.05) is 0 Å². The fraction of sp³-hybridized carbons (Fsp3) is 0.222. The molecule has 1 aliphatic heterocycles. The van der Waals surface area contributed by atoms with Crippen LogP contribution in [-0.2, 0) is 4.74 Å². The molecule has 1 saturated heterocycles. The maximum atomic E-state index is 12.8. The molecule has 3 nitrogen and oxygen atoms in total. The van der Waals surface area contributed by atoms with Gasteiger partial charge in [0.05, 0.1) is 11.6 Å². The van der Waals surface area contributed by atoms with Gasteiger partial charge in [0.25, 0.3) is 0 Å². The Bertz CT molecular complexity index is 383. The van der Waals surface area contributed by atoms with Crippen molar-refractivity contribution in [3.05, 3.63) is 34.6 Å². The standard InChI is InChI=1S/C9H7ClFNO2/c10-6-3-5(1-2-7(6)11)8-4-12-9(13)14-8/h1-3,8H,4H2,(H,12,13). The second-order valence-electron chi connectivity index (χ2n) is 2.95. The summed E-state index contributed by atoms with van der Waals surface area (Å²) in [6, 6.07) is 4.26. The van der Waals surface area contributed by atoms with Crippen LogP contribution >= 0.6 is 11.6 Å². The number of ether oxygens (including phenoxy) is 1. The molecule has 74 valence electrons. The molecule has 1 fully saturated rings. The summed E-state index contributed by atoms with van der Waals surface area (Å²) < 4.78 is 17.7. The van der Waals surface area contributed by atoms with Gasteiger partial charge in [0.2, 0.25) is 0 Å². The fourth-order valence-electron chi connectivity index (χ4n) is 1.29. The molecule has 0 bridgehead atoms. The topological polar surface area (TPSA) is 38.3 Å². The molecular weight excluding hydrogens is 209 g/mol. The third-order valence-electron chi connectivity index (χ3n) is 2.00. The lowest BCUT2D eigenvalue weighted by Gasteiger charge is -2.07. The highest BCUT2D eigenvalue weighted by Crippen LogP contribution is 2.24. The van der Waals surface area contributed by atoms with Crippen LogP contribution < -0.4 is 5.32 Å². The van der Waals surface area contributed by atoms with Gasteiger partial charge < -0.3 is 10.1 Å². The number of carbonyl (C=O) groups is 1. The van der Waals surface area contributed by atoms with Crippen molar-refractivity contribution in [2.75, 3.05) is 6.54 Å². The summed E-state index contributed by atoms with van der Waals surface area (Å²) in [4.78, 5) is 10.7. The zero-order chi connectivity index (χ0) is 10.1. The molecule has 1 amide bonds. The average molecular weight is 216 g/mol. The predicted molar refractivity (Wildman–Crippen MR) is 48.6 cm³/mol. The van der Waals surface area contributed by atoms with Gasteiger partial charge >= 0.3 is 6.09 Å². The predicted octanol–water partition coefficient (Wildman–Crippen LogP) is 2.26. The lowest BCUT2D eigenvalue weighted by Crippen LogP contribution is -2.12. The number of nitrogens with one attached hydrogen (secondary N) is 1. The van der Waals surface area contributed by atoms with Crippen LogP contribution in [0.4, 0.5) is 9.18 Å². The van der Waals surface area contributed by atoms with Crippen molar-refractivity contribution in [2.24, 2.45) is 0 Å². The Morgan fingerprint density at radius 3 is 2.93 bits per heavy atom. The molecule has 14 heavy (non-hydrogen) atoms. The Morgan fingerprint density at radius 2 is 2.36 bits per heavy atom. The summed E-state index contributed by atoms with van der Waals surface area (Å²) in [7, 11) is 0. The van der Waals surface area contributed by atoms with E-state index in [0.29, 0.717) is 12.1 Å². The lowest BCUT2D eigenvalue weighted by molar-refractivity contribution is 0.141.